The Bertz CT molecular complexity index is 899. The topological polar surface area (TPSA) is 73.2 Å². The molecule has 0 unspecified atom stereocenters. The number of nitrogens with zero attached hydrogens (tertiary/aromatic N) is 2. The zero-order valence-electron chi connectivity index (χ0n) is 14.2. The third-order valence-corrected chi connectivity index (χ3v) is 6.28. The minimum Gasteiger partial charge on any atom is -0.299 e. The van der Waals surface area contributed by atoms with Crippen molar-refractivity contribution in [2.75, 3.05) is 13.1 Å². The van der Waals surface area contributed by atoms with E-state index in [0.29, 0.717) is 10.6 Å². The van der Waals surface area contributed by atoms with Gasteiger partial charge in [-0.25, -0.2) is 13.1 Å². The average Bonchev–Trinajstić information content (AvgIpc) is 2.64. The molecule has 26 heavy (non-hydrogen) atoms. The Morgan fingerprint density at radius 3 is 2.50 bits per heavy atom. The Morgan fingerprint density at radius 2 is 1.85 bits per heavy atom. The summed E-state index contributed by atoms with van der Waals surface area (Å²) in [6.45, 7) is 2.39. The molecule has 0 radical (unpaired) electrons. The van der Waals surface area contributed by atoms with Crippen LogP contribution in [0.5, 0.6) is 0 Å². The highest BCUT2D eigenvalue weighted by molar-refractivity contribution is 7.89. The largest absolute Gasteiger partial charge is 0.299 e. The van der Waals surface area contributed by atoms with Gasteiger partial charge in [0, 0.05) is 30.7 Å². The number of benzene rings is 2. The van der Waals surface area contributed by atoms with Crippen molar-refractivity contribution in [1.82, 2.24) is 9.62 Å². The lowest BCUT2D eigenvalue weighted by Crippen LogP contribution is -2.44. The Kier molecular flexibility index (Phi) is 5.94. The molecule has 1 aliphatic heterocycles. The summed E-state index contributed by atoms with van der Waals surface area (Å²) in [5, 5.41) is 9.50. The Labute approximate surface area is 159 Å². The van der Waals surface area contributed by atoms with E-state index < -0.39 is 10.0 Å². The molecule has 1 N–H and O–H groups in total. The van der Waals surface area contributed by atoms with E-state index in [4.69, 9.17) is 16.9 Å². The maximum Gasteiger partial charge on any atom is 0.240 e. The summed E-state index contributed by atoms with van der Waals surface area (Å²) in [5.74, 6) is 0. The molecule has 1 fully saturated rings. The van der Waals surface area contributed by atoms with E-state index in [1.54, 1.807) is 18.2 Å². The first-order valence-electron chi connectivity index (χ1n) is 8.45. The SMILES string of the molecule is N#Cc1cccc(CN2CCC(NS(=O)(=O)c3ccc(Cl)cc3)CC2)c1. The second-order valence-corrected chi connectivity index (χ2v) is 8.59. The molecule has 1 heterocycles. The molecule has 136 valence electrons. The zero-order valence-corrected chi connectivity index (χ0v) is 15.8. The molecule has 7 heteroatoms. The van der Waals surface area contributed by atoms with E-state index in [1.807, 2.05) is 18.2 Å². The summed E-state index contributed by atoms with van der Waals surface area (Å²) >= 11 is 5.82. The Morgan fingerprint density at radius 1 is 1.15 bits per heavy atom. The molecule has 0 amide bonds. The highest BCUT2D eigenvalue weighted by Gasteiger charge is 2.24. The molecule has 0 saturated carbocycles. The highest BCUT2D eigenvalue weighted by atomic mass is 35.5. The van der Waals surface area contributed by atoms with Crippen LogP contribution in [-0.2, 0) is 16.6 Å². The molecule has 0 aromatic heterocycles. The Balaban J connectivity index is 1.55. The van der Waals surface area contributed by atoms with Crippen molar-refractivity contribution in [1.29, 1.82) is 5.26 Å². The fraction of sp³-hybridized carbons (Fsp3) is 0.316. The maximum atomic E-state index is 12.5. The molecular weight excluding hydrogens is 370 g/mol. The van der Waals surface area contributed by atoms with Crippen LogP contribution in [0.4, 0.5) is 0 Å². The first-order valence-corrected chi connectivity index (χ1v) is 10.3. The third kappa shape index (κ3) is 4.83. The lowest BCUT2D eigenvalue weighted by Gasteiger charge is -2.32. The number of nitrogens with one attached hydrogen (secondary N) is 1. The van der Waals surface area contributed by atoms with E-state index in [1.165, 1.54) is 12.1 Å². The zero-order chi connectivity index (χ0) is 18.6. The van der Waals surface area contributed by atoms with Crippen LogP contribution in [0.15, 0.2) is 53.4 Å². The minimum absolute atomic E-state index is 0.0719. The first kappa shape index (κ1) is 18.9. The molecule has 5 nitrogen and oxygen atoms in total. The summed E-state index contributed by atoms with van der Waals surface area (Å²) in [4.78, 5) is 2.52. The van der Waals surface area contributed by atoms with E-state index in [0.717, 1.165) is 38.0 Å². The van der Waals surface area contributed by atoms with Gasteiger partial charge in [-0.05, 0) is 54.8 Å². The number of nitriles is 1. The van der Waals surface area contributed by atoms with Crippen molar-refractivity contribution >= 4 is 21.6 Å². The van der Waals surface area contributed by atoms with Gasteiger partial charge in [-0.2, -0.15) is 5.26 Å². The predicted octanol–water partition coefficient (Wildman–Crippen LogP) is 3.15. The molecule has 0 spiro atoms. The van der Waals surface area contributed by atoms with Crippen LogP contribution in [0, 0.1) is 11.3 Å². The van der Waals surface area contributed by atoms with E-state index in [9.17, 15) is 8.42 Å². The van der Waals surface area contributed by atoms with Gasteiger partial charge >= 0.3 is 0 Å². The van der Waals surface area contributed by atoms with E-state index in [2.05, 4.69) is 15.7 Å². The number of halogens is 1. The average molecular weight is 390 g/mol. The number of hydrogen-bond donors (Lipinski definition) is 1. The van der Waals surface area contributed by atoms with Gasteiger partial charge in [-0.15, -0.1) is 0 Å². The fourth-order valence-electron chi connectivity index (χ4n) is 3.11. The molecule has 2 aromatic carbocycles. The number of sulfonamides is 1. The third-order valence-electron chi connectivity index (χ3n) is 4.50. The van der Waals surface area contributed by atoms with Crippen molar-refractivity contribution in [3.8, 4) is 6.07 Å². The molecule has 3 rings (SSSR count). The van der Waals surface area contributed by atoms with Crippen LogP contribution < -0.4 is 4.72 Å². The van der Waals surface area contributed by atoms with Crippen LogP contribution in [0.3, 0.4) is 0 Å². The molecule has 0 atom stereocenters. The van der Waals surface area contributed by atoms with Gasteiger partial charge in [-0.1, -0.05) is 23.7 Å². The van der Waals surface area contributed by atoms with E-state index in [-0.39, 0.29) is 10.9 Å². The second kappa shape index (κ2) is 8.19. The van der Waals surface area contributed by atoms with Gasteiger partial charge < -0.3 is 0 Å². The van der Waals surface area contributed by atoms with Crippen molar-refractivity contribution < 1.29 is 8.42 Å². The Hall–Kier alpha value is -1.91. The van der Waals surface area contributed by atoms with Crippen molar-refractivity contribution in [2.45, 2.75) is 30.3 Å². The van der Waals surface area contributed by atoms with Gasteiger partial charge in [0.15, 0.2) is 0 Å². The predicted molar refractivity (Wildman–Crippen MR) is 101 cm³/mol. The smallest absolute Gasteiger partial charge is 0.240 e. The molecular formula is C19H20ClN3O2S. The summed E-state index contributed by atoms with van der Waals surface area (Å²) in [6, 6.07) is 15.9. The van der Waals surface area contributed by atoms with Gasteiger partial charge in [0.1, 0.15) is 0 Å². The molecule has 1 aliphatic rings. The number of rotatable bonds is 5. The van der Waals surface area contributed by atoms with E-state index >= 15 is 0 Å². The molecule has 0 bridgehead atoms. The summed E-state index contributed by atoms with van der Waals surface area (Å²) in [7, 11) is -3.53. The van der Waals surface area contributed by atoms with Crippen LogP contribution in [0.1, 0.15) is 24.0 Å². The van der Waals surface area contributed by atoms with Gasteiger partial charge in [0.25, 0.3) is 0 Å². The molecule has 1 saturated heterocycles. The maximum absolute atomic E-state index is 12.5. The standard InChI is InChI=1S/C19H20ClN3O2S/c20-17-4-6-19(7-5-17)26(24,25)22-18-8-10-23(11-9-18)14-16-3-1-2-15(12-16)13-21/h1-7,12,18,22H,8-11,14H2. The second-order valence-electron chi connectivity index (χ2n) is 6.44. The molecule has 0 aliphatic carbocycles. The van der Waals surface area contributed by atoms with Gasteiger partial charge in [0.2, 0.25) is 10.0 Å². The number of hydrogen-bond acceptors (Lipinski definition) is 4. The summed E-state index contributed by atoms with van der Waals surface area (Å²) in [6.07, 6.45) is 1.51. The summed E-state index contributed by atoms with van der Waals surface area (Å²) in [5.41, 5.74) is 1.76. The van der Waals surface area contributed by atoms with Gasteiger partial charge in [0.05, 0.1) is 16.5 Å². The van der Waals surface area contributed by atoms with Gasteiger partial charge in [-0.3, -0.25) is 4.90 Å². The number of likely N-dealkylation sites (tertiary alicyclic amines) is 1. The van der Waals surface area contributed by atoms with Crippen molar-refractivity contribution in [2.24, 2.45) is 0 Å². The van der Waals surface area contributed by atoms with Crippen LogP contribution in [0.25, 0.3) is 0 Å². The monoisotopic (exact) mass is 389 g/mol. The van der Waals surface area contributed by atoms with Crippen molar-refractivity contribution in [3.63, 3.8) is 0 Å². The summed E-state index contributed by atoms with van der Waals surface area (Å²) < 4.78 is 27.7. The molecule has 2 aromatic rings. The van der Waals surface area contributed by atoms with Crippen LogP contribution >= 0.6 is 11.6 Å². The number of piperidine rings is 1. The highest BCUT2D eigenvalue weighted by Crippen LogP contribution is 2.18. The quantitative estimate of drug-likeness (QED) is 0.852. The lowest BCUT2D eigenvalue weighted by molar-refractivity contribution is 0.200. The first-order chi connectivity index (χ1) is 12.5. The normalized spacial score (nSPS) is 16.3. The van der Waals surface area contributed by atoms with Crippen molar-refractivity contribution in [3.05, 3.63) is 64.7 Å². The lowest BCUT2D eigenvalue weighted by atomic mass is 10.0. The minimum atomic E-state index is -3.53. The van der Waals surface area contributed by atoms with Crippen LogP contribution in [0.2, 0.25) is 5.02 Å². The fourth-order valence-corrected chi connectivity index (χ4v) is 4.54. The van der Waals surface area contributed by atoms with Crippen LogP contribution in [-0.4, -0.2) is 32.4 Å².